The number of nitrogens with two attached hydrogens (primary N) is 1. The van der Waals surface area contributed by atoms with Gasteiger partial charge < -0.3 is 11.1 Å². The normalized spacial score (nSPS) is 10.9. The van der Waals surface area contributed by atoms with E-state index in [4.69, 9.17) is 5.73 Å². The van der Waals surface area contributed by atoms with E-state index in [1.165, 1.54) is 0 Å². The first-order valence-electron chi connectivity index (χ1n) is 7.59. The van der Waals surface area contributed by atoms with Crippen LogP contribution in [0.25, 0.3) is 5.69 Å². The maximum atomic E-state index is 12.5. The summed E-state index contributed by atoms with van der Waals surface area (Å²) in [5.41, 5.74) is 6.27. The Kier molecular flexibility index (Phi) is 7.19. The van der Waals surface area contributed by atoms with Crippen LogP contribution in [-0.2, 0) is 11.3 Å². The molecule has 0 saturated carbocycles. The van der Waals surface area contributed by atoms with E-state index in [0.29, 0.717) is 18.9 Å². The van der Waals surface area contributed by atoms with Gasteiger partial charge in [0.1, 0.15) is 6.33 Å². The molecule has 0 aliphatic heterocycles. The van der Waals surface area contributed by atoms with E-state index in [2.05, 4.69) is 15.5 Å². The molecule has 2 aromatic rings. The van der Waals surface area contributed by atoms with Crippen molar-refractivity contribution >= 4 is 18.3 Å². The van der Waals surface area contributed by atoms with Crippen LogP contribution in [0.3, 0.4) is 0 Å². The van der Waals surface area contributed by atoms with E-state index < -0.39 is 5.41 Å². The third-order valence-corrected chi connectivity index (χ3v) is 4.29. The zero-order valence-corrected chi connectivity index (χ0v) is 14.3. The molecule has 23 heavy (non-hydrogen) atoms. The van der Waals surface area contributed by atoms with Gasteiger partial charge in [-0.3, -0.25) is 9.36 Å². The highest BCUT2D eigenvalue weighted by molar-refractivity contribution is 5.85. The summed E-state index contributed by atoms with van der Waals surface area (Å²) in [7, 11) is 0. The van der Waals surface area contributed by atoms with Crippen LogP contribution in [-0.4, -0.2) is 27.2 Å². The fourth-order valence-electron chi connectivity index (χ4n) is 2.48. The summed E-state index contributed by atoms with van der Waals surface area (Å²) in [6.45, 7) is 4.65. The summed E-state index contributed by atoms with van der Waals surface area (Å²) >= 11 is 0. The number of hydrogen-bond donors (Lipinski definition) is 2. The summed E-state index contributed by atoms with van der Waals surface area (Å²) in [6, 6.07) is 9.79. The molecule has 0 saturated heterocycles. The summed E-state index contributed by atoms with van der Waals surface area (Å²) in [5.74, 6) is 0.667. The van der Waals surface area contributed by atoms with Crippen LogP contribution in [0.5, 0.6) is 0 Å². The minimum atomic E-state index is -0.502. The molecular formula is C16H24ClN5O. The second-order valence-corrected chi connectivity index (χ2v) is 5.33. The number of nitrogens with zero attached hydrogens (tertiary/aromatic N) is 3. The van der Waals surface area contributed by atoms with Crippen LogP contribution >= 0.6 is 12.4 Å². The molecule has 1 heterocycles. The van der Waals surface area contributed by atoms with Crippen LogP contribution < -0.4 is 11.1 Å². The van der Waals surface area contributed by atoms with Crippen molar-refractivity contribution in [3.05, 3.63) is 42.5 Å². The van der Waals surface area contributed by atoms with Crippen LogP contribution in [0.2, 0.25) is 0 Å². The summed E-state index contributed by atoms with van der Waals surface area (Å²) < 4.78 is 1.86. The van der Waals surface area contributed by atoms with Crippen molar-refractivity contribution < 1.29 is 4.79 Å². The molecule has 0 unspecified atom stereocenters. The molecule has 0 radical (unpaired) electrons. The fourth-order valence-corrected chi connectivity index (χ4v) is 2.48. The zero-order valence-electron chi connectivity index (χ0n) is 13.5. The smallest absolute Gasteiger partial charge is 0.227 e. The molecule has 0 aliphatic carbocycles. The highest BCUT2D eigenvalue weighted by atomic mass is 35.5. The average Bonchev–Trinajstić information content (AvgIpc) is 3.04. The van der Waals surface area contributed by atoms with Gasteiger partial charge in [0.15, 0.2) is 5.82 Å². The van der Waals surface area contributed by atoms with Gasteiger partial charge in [-0.25, -0.2) is 0 Å². The maximum Gasteiger partial charge on any atom is 0.227 e. The standard InChI is InChI=1S/C16H23N5O.ClH/c1-3-16(4-2,11-17)15(22)18-10-14-20-19-12-21(14)13-8-6-5-7-9-13;/h5-9,12H,3-4,10-11,17H2,1-2H3,(H,18,22);1H. The second kappa shape index (κ2) is 8.64. The SMILES string of the molecule is CCC(CC)(CN)C(=O)NCc1nncn1-c1ccccc1.Cl. The Morgan fingerprint density at radius 3 is 2.48 bits per heavy atom. The predicted molar refractivity (Wildman–Crippen MR) is 92.5 cm³/mol. The third-order valence-electron chi connectivity index (χ3n) is 4.29. The van der Waals surface area contributed by atoms with Crippen molar-refractivity contribution in [1.29, 1.82) is 0 Å². The van der Waals surface area contributed by atoms with E-state index in [0.717, 1.165) is 18.5 Å². The number of carbonyl (C=O) groups is 1. The number of rotatable bonds is 7. The van der Waals surface area contributed by atoms with Gasteiger partial charge in [-0.05, 0) is 25.0 Å². The third kappa shape index (κ3) is 4.09. The number of para-hydroxylation sites is 1. The molecule has 126 valence electrons. The van der Waals surface area contributed by atoms with Crippen molar-refractivity contribution in [2.24, 2.45) is 11.1 Å². The second-order valence-electron chi connectivity index (χ2n) is 5.33. The Hall–Kier alpha value is -1.92. The Bertz CT molecular complexity index is 602. The Labute approximate surface area is 142 Å². The van der Waals surface area contributed by atoms with Gasteiger partial charge >= 0.3 is 0 Å². The molecule has 0 fully saturated rings. The van der Waals surface area contributed by atoms with Gasteiger partial charge in [-0.2, -0.15) is 0 Å². The molecule has 3 N–H and O–H groups in total. The molecule has 0 atom stereocenters. The lowest BCUT2D eigenvalue weighted by Gasteiger charge is -2.28. The number of benzene rings is 1. The van der Waals surface area contributed by atoms with Crippen LogP contribution in [0.1, 0.15) is 32.5 Å². The topological polar surface area (TPSA) is 85.8 Å². The molecule has 7 heteroatoms. The first-order chi connectivity index (χ1) is 10.7. The monoisotopic (exact) mass is 337 g/mol. The number of carbonyl (C=O) groups excluding carboxylic acids is 1. The van der Waals surface area contributed by atoms with E-state index >= 15 is 0 Å². The lowest BCUT2D eigenvalue weighted by molar-refractivity contribution is -0.131. The molecule has 0 aliphatic rings. The molecule has 6 nitrogen and oxygen atoms in total. The molecule has 1 aromatic carbocycles. The summed E-state index contributed by atoms with van der Waals surface area (Å²) in [4.78, 5) is 12.5. The number of aromatic nitrogens is 3. The van der Waals surface area contributed by atoms with Crippen molar-refractivity contribution in [3.63, 3.8) is 0 Å². The molecule has 1 amide bonds. The Balaban J connectivity index is 0.00000264. The first-order valence-corrected chi connectivity index (χ1v) is 7.59. The summed E-state index contributed by atoms with van der Waals surface area (Å²) in [6.07, 6.45) is 3.08. The lowest BCUT2D eigenvalue weighted by Crippen LogP contribution is -2.45. The van der Waals surface area contributed by atoms with Gasteiger partial charge in [-0.15, -0.1) is 22.6 Å². The van der Waals surface area contributed by atoms with Crippen LogP contribution in [0.4, 0.5) is 0 Å². The van der Waals surface area contributed by atoms with Crippen molar-refractivity contribution in [3.8, 4) is 5.69 Å². The quantitative estimate of drug-likeness (QED) is 0.809. The maximum absolute atomic E-state index is 12.5. The van der Waals surface area contributed by atoms with Gasteiger partial charge in [0.05, 0.1) is 12.0 Å². The van der Waals surface area contributed by atoms with Crippen LogP contribution in [0.15, 0.2) is 36.7 Å². The number of amides is 1. The fraction of sp³-hybridized carbons (Fsp3) is 0.438. The highest BCUT2D eigenvalue weighted by Crippen LogP contribution is 2.25. The van der Waals surface area contributed by atoms with Gasteiger partial charge in [0.25, 0.3) is 0 Å². The lowest BCUT2D eigenvalue weighted by atomic mass is 9.81. The van der Waals surface area contributed by atoms with Crippen molar-refractivity contribution in [1.82, 2.24) is 20.1 Å². The minimum Gasteiger partial charge on any atom is -0.348 e. The predicted octanol–water partition coefficient (Wildman–Crippen LogP) is 2.07. The molecule has 0 bridgehead atoms. The highest BCUT2D eigenvalue weighted by Gasteiger charge is 2.33. The van der Waals surface area contributed by atoms with Crippen molar-refractivity contribution in [2.45, 2.75) is 33.2 Å². The molecule has 1 aromatic heterocycles. The largest absolute Gasteiger partial charge is 0.348 e. The van der Waals surface area contributed by atoms with Crippen LogP contribution in [0, 0.1) is 5.41 Å². The number of hydrogen-bond acceptors (Lipinski definition) is 4. The Morgan fingerprint density at radius 1 is 1.26 bits per heavy atom. The first kappa shape index (κ1) is 19.1. The molecular weight excluding hydrogens is 314 g/mol. The summed E-state index contributed by atoms with van der Waals surface area (Å²) in [5, 5.41) is 11.0. The minimum absolute atomic E-state index is 0. The van der Waals surface area contributed by atoms with Gasteiger partial charge in [-0.1, -0.05) is 32.0 Å². The molecule has 2 rings (SSSR count). The van der Waals surface area contributed by atoms with E-state index in [9.17, 15) is 4.79 Å². The van der Waals surface area contributed by atoms with E-state index in [-0.39, 0.29) is 18.3 Å². The number of nitrogens with one attached hydrogen (secondary N) is 1. The van der Waals surface area contributed by atoms with Gasteiger partial charge in [0, 0.05) is 12.2 Å². The zero-order chi connectivity index (χ0) is 16.0. The van der Waals surface area contributed by atoms with E-state index in [1.54, 1.807) is 6.33 Å². The Morgan fingerprint density at radius 2 is 1.91 bits per heavy atom. The number of halogens is 1. The average molecular weight is 338 g/mol. The van der Waals surface area contributed by atoms with Gasteiger partial charge in [0.2, 0.25) is 5.91 Å². The van der Waals surface area contributed by atoms with E-state index in [1.807, 2.05) is 48.7 Å². The molecule has 0 spiro atoms. The van der Waals surface area contributed by atoms with Crippen molar-refractivity contribution in [2.75, 3.05) is 6.54 Å².